The SMILES string of the molecule is CC(C)(O)C1Cc2ccccc2S1. The van der Waals surface area contributed by atoms with Crippen LogP contribution in [0.2, 0.25) is 0 Å². The number of rotatable bonds is 1. The van der Waals surface area contributed by atoms with Gasteiger partial charge in [-0.15, -0.1) is 11.8 Å². The molecular formula is C11H14OS. The monoisotopic (exact) mass is 194 g/mol. The van der Waals surface area contributed by atoms with Crippen molar-refractivity contribution < 1.29 is 5.11 Å². The smallest absolute Gasteiger partial charge is 0.0716 e. The van der Waals surface area contributed by atoms with Crippen molar-refractivity contribution in [2.75, 3.05) is 0 Å². The Balaban J connectivity index is 2.23. The summed E-state index contributed by atoms with van der Waals surface area (Å²) < 4.78 is 0. The van der Waals surface area contributed by atoms with Crippen LogP contribution in [-0.4, -0.2) is 16.0 Å². The van der Waals surface area contributed by atoms with Gasteiger partial charge in [-0.25, -0.2) is 0 Å². The van der Waals surface area contributed by atoms with E-state index in [4.69, 9.17) is 0 Å². The molecule has 1 nitrogen and oxygen atoms in total. The van der Waals surface area contributed by atoms with Gasteiger partial charge in [0.1, 0.15) is 0 Å². The Morgan fingerprint density at radius 2 is 2.08 bits per heavy atom. The summed E-state index contributed by atoms with van der Waals surface area (Å²) in [6.07, 6.45) is 0.990. The molecule has 1 N–H and O–H groups in total. The van der Waals surface area contributed by atoms with Crippen LogP contribution in [0.4, 0.5) is 0 Å². The van der Waals surface area contributed by atoms with E-state index in [-0.39, 0.29) is 0 Å². The van der Waals surface area contributed by atoms with E-state index >= 15 is 0 Å². The highest BCUT2D eigenvalue weighted by molar-refractivity contribution is 8.00. The average Bonchev–Trinajstić information content (AvgIpc) is 2.45. The number of aliphatic hydroxyl groups is 1. The van der Waals surface area contributed by atoms with E-state index in [1.807, 2.05) is 13.8 Å². The third-order valence-corrected chi connectivity index (χ3v) is 4.12. The van der Waals surface area contributed by atoms with E-state index in [0.29, 0.717) is 5.25 Å². The predicted octanol–water partition coefficient (Wildman–Crippen LogP) is 2.47. The highest BCUT2D eigenvalue weighted by Gasteiger charge is 2.33. The molecule has 0 aliphatic carbocycles. The van der Waals surface area contributed by atoms with Gasteiger partial charge in [0.2, 0.25) is 0 Å². The molecule has 13 heavy (non-hydrogen) atoms. The number of benzene rings is 1. The highest BCUT2D eigenvalue weighted by atomic mass is 32.2. The zero-order valence-corrected chi connectivity index (χ0v) is 8.77. The van der Waals surface area contributed by atoms with E-state index < -0.39 is 5.60 Å². The molecule has 2 rings (SSSR count). The molecule has 0 saturated carbocycles. The zero-order valence-electron chi connectivity index (χ0n) is 7.95. The van der Waals surface area contributed by atoms with Gasteiger partial charge in [0.25, 0.3) is 0 Å². The Hall–Kier alpha value is -0.470. The molecule has 0 amide bonds. The van der Waals surface area contributed by atoms with Crippen LogP contribution in [0.3, 0.4) is 0 Å². The second kappa shape index (κ2) is 3.03. The molecule has 2 heteroatoms. The molecule has 0 spiro atoms. The van der Waals surface area contributed by atoms with Crippen molar-refractivity contribution in [3.05, 3.63) is 29.8 Å². The molecule has 0 aromatic heterocycles. The van der Waals surface area contributed by atoms with Crippen molar-refractivity contribution in [2.24, 2.45) is 0 Å². The molecule has 0 saturated heterocycles. The number of fused-ring (bicyclic) bond motifs is 1. The van der Waals surface area contributed by atoms with Gasteiger partial charge in [0, 0.05) is 10.1 Å². The molecule has 0 fully saturated rings. The van der Waals surface area contributed by atoms with Crippen LogP contribution in [0.25, 0.3) is 0 Å². The van der Waals surface area contributed by atoms with Gasteiger partial charge in [-0.05, 0) is 31.9 Å². The second-order valence-corrected chi connectivity index (χ2v) is 5.32. The molecule has 70 valence electrons. The van der Waals surface area contributed by atoms with Crippen LogP contribution in [0.15, 0.2) is 29.2 Å². The summed E-state index contributed by atoms with van der Waals surface area (Å²) in [5, 5.41) is 10.2. The number of hydrogen-bond acceptors (Lipinski definition) is 2. The first-order valence-corrected chi connectivity index (χ1v) is 5.42. The van der Waals surface area contributed by atoms with E-state index in [2.05, 4.69) is 24.3 Å². The molecule has 1 heterocycles. The first-order chi connectivity index (χ1) is 6.07. The van der Waals surface area contributed by atoms with Gasteiger partial charge in [0.15, 0.2) is 0 Å². The molecule has 1 aliphatic rings. The van der Waals surface area contributed by atoms with Crippen LogP contribution in [0, 0.1) is 0 Å². The highest BCUT2D eigenvalue weighted by Crippen LogP contribution is 2.41. The largest absolute Gasteiger partial charge is 0.389 e. The Bertz CT molecular complexity index is 289. The van der Waals surface area contributed by atoms with Gasteiger partial charge in [0.05, 0.1) is 5.60 Å². The van der Waals surface area contributed by atoms with Crippen molar-refractivity contribution in [3.8, 4) is 0 Å². The fraction of sp³-hybridized carbons (Fsp3) is 0.455. The van der Waals surface area contributed by atoms with Gasteiger partial charge >= 0.3 is 0 Å². The molecule has 1 aliphatic heterocycles. The van der Waals surface area contributed by atoms with E-state index in [1.165, 1.54) is 10.5 Å². The molecular weight excluding hydrogens is 180 g/mol. The molecule has 1 unspecified atom stereocenters. The van der Waals surface area contributed by atoms with Gasteiger partial charge in [-0.2, -0.15) is 0 Å². The molecule has 1 atom stereocenters. The molecule has 1 aromatic rings. The summed E-state index contributed by atoms with van der Waals surface area (Å²) in [6.45, 7) is 3.77. The topological polar surface area (TPSA) is 20.2 Å². The summed E-state index contributed by atoms with van der Waals surface area (Å²) in [5.41, 5.74) is 0.795. The summed E-state index contributed by atoms with van der Waals surface area (Å²) >= 11 is 1.79. The van der Waals surface area contributed by atoms with E-state index in [9.17, 15) is 5.11 Å². The fourth-order valence-electron chi connectivity index (χ4n) is 1.58. The average molecular weight is 194 g/mol. The van der Waals surface area contributed by atoms with Gasteiger partial charge < -0.3 is 5.11 Å². The molecule has 0 radical (unpaired) electrons. The third kappa shape index (κ3) is 1.74. The van der Waals surface area contributed by atoms with E-state index in [0.717, 1.165) is 6.42 Å². The van der Waals surface area contributed by atoms with Crippen molar-refractivity contribution in [3.63, 3.8) is 0 Å². The van der Waals surface area contributed by atoms with Gasteiger partial charge in [-0.3, -0.25) is 0 Å². The second-order valence-electron chi connectivity index (χ2n) is 4.07. The lowest BCUT2D eigenvalue weighted by Crippen LogP contribution is -2.32. The summed E-state index contributed by atoms with van der Waals surface area (Å²) in [4.78, 5) is 1.33. The van der Waals surface area contributed by atoms with Crippen LogP contribution in [0.5, 0.6) is 0 Å². The van der Waals surface area contributed by atoms with Crippen molar-refractivity contribution in [1.82, 2.24) is 0 Å². The molecule has 0 bridgehead atoms. The van der Waals surface area contributed by atoms with Gasteiger partial charge in [-0.1, -0.05) is 18.2 Å². The number of thioether (sulfide) groups is 1. The summed E-state index contributed by atoms with van der Waals surface area (Å²) in [7, 11) is 0. The van der Waals surface area contributed by atoms with Crippen LogP contribution < -0.4 is 0 Å². The lowest BCUT2D eigenvalue weighted by Gasteiger charge is -2.23. The predicted molar refractivity (Wildman–Crippen MR) is 56.1 cm³/mol. The minimum atomic E-state index is -0.580. The standard InChI is InChI=1S/C11H14OS/c1-11(2,12)10-7-8-5-3-4-6-9(8)13-10/h3-6,10,12H,7H2,1-2H3. The van der Waals surface area contributed by atoms with Crippen LogP contribution >= 0.6 is 11.8 Å². The maximum Gasteiger partial charge on any atom is 0.0716 e. The summed E-state index contributed by atoms with van der Waals surface area (Å²) in [5.74, 6) is 0. The lowest BCUT2D eigenvalue weighted by molar-refractivity contribution is 0.0786. The molecule has 1 aromatic carbocycles. The Kier molecular flexibility index (Phi) is 2.12. The fourth-order valence-corrected chi connectivity index (χ4v) is 2.89. The minimum absolute atomic E-state index is 0.310. The maximum absolute atomic E-state index is 9.87. The van der Waals surface area contributed by atoms with E-state index in [1.54, 1.807) is 11.8 Å². The van der Waals surface area contributed by atoms with Crippen LogP contribution in [0.1, 0.15) is 19.4 Å². The summed E-state index contributed by atoms with van der Waals surface area (Å²) in [6, 6.07) is 8.39. The maximum atomic E-state index is 9.87. The third-order valence-electron chi connectivity index (χ3n) is 2.44. The normalized spacial score (nSPS) is 21.6. The Labute approximate surface area is 83.2 Å². The van der Waals surface area contributed by atoms with Crippen molar-refractivity contribution >= 4 is 11.8 Å². The lowest BCUT2D eigenvalue weighted by atomic mass is 9.99. The minimum Gasteiger partial charge on any atom is -0.389 e. The van der Waals surface area contributed by atoms with Crippen molar-refractivity contribution in [1.29, 1.82) is 0 Å². The van der Waals surface area contributed by atoms with Crippen molar-refractivity contribution in [2.45, 2.75) is 36.0 Å². The number of hydrogen-bond donors (Lipinski definition) is 1. The quantitative estimate of drug-likeness (QED) is 0.741. The van der Waals surface area contributed by atoms with Crippen LogP contribution in [-0.2, 0) is 6.42 Å². The Morgan fingerprint density at radius 1 is 1.38 bits per heavy atom. The Morgan fingerprint density at radius 3 is 2.69 bits per heavy atom. The zero-order chi connectivity index (χ0) is 9.47. The first kappa shape index (κ1) is 9.10. The first-order valence-electron chi connectivity index (χ1n) is 4.54.